The van der Waals surface area contributed by atoms with Crippen LogP contribution in [0.15, 0.2) is 0 Å². The molecule has 0 amide bonds. The Kier molecular flexibility index (Phi) is 3.36. The predicted octanol–water partition coefficient (Wildman–Crippen LogP) is 2.07. The van der Waals surface area contributed by atoms with E-state index in [1.807, 2.05) is 0 Å². The molecule has 0 aromatic carbocycles. The molecule has 1 N–H and O–H groups in total. The molecule has 0 spiro atoms. The van der Waals surface area contributed by atoms with Crippen molar-refractivity contribution < 1.29 is 9.84 Å². The smallest absolute Gasteiger partial charge is 0.0600 e. The molecule has 13 heavy (non-hydrogen) atoms. The largest absolute Gasteiger partial charge is 0.393 e. The van der Waals surface area contributed by atoms with Gasteiger partial charge in [0.15, 0.2) is 0 Å². The van der Waals surface area contributed by atoms with Crippen molar-refractivity contribution in [1.29, 1.82) is 0 Å². The summed E-state index contributed by atoms with van der Waals surface area (Å²) in [4.78, 5) is 0. The van der Waals surface area contributed by atoms with Crippen LogP contribution in [0.1, 0.15) is 33.6 Å². The Hall–Kier alpha value is -0.0800. The maximum Gasteiger partial charge on any atom is 0.0600 e. The molecule has 1 aliphatic carbocycles. The van der Waals surface area contributed by atoms with E-state index in [4.69, 9.17) is 4.74 Å². The lowest BCUT2D eigenvalue weighted by molar-refractivity contribution is 0.0626. The number of rotatable bonds is 5. The molecule has 0 radical (unpaired) electrons. The van der Waals surface area contributed by atoms with Gasteiger partial charge in [0.05, 0.1) is 6.10 Å². The molecule has 0 saturated heterocycles. The lowest BCUT2D eigenvalue weighted by atomic mass is 9.94. The van der Waals surface area contributed by atoms with Crippen LogP contribution in [0.5, 0.6) is 0 Å². The summed E-state index contributed by atoms with van der Waals surface area (Å²) in [6, 6.07) is 0. The van der Waals surface area contributed by atoms with Crippen molar-refractivity contribution in [2.24, 2.45) is 17.3 Å². The van der Waals surface area contributed by atoms with Crippen LogP contribution in [-0.2, 0) is 4.74 Å². The van der Waals surface area contributed by atoms with Crippen LogP contribution in [0.4, 0.5) is 0 Å². The predicted molar refractivity (Wildman–Crippen MR) is 53.6 cm³/mol. The Morgan fingerprint density at radius 1 is 1.54 bits per heavy atom. The Labute approximate surface area is 81.3 Å². The van der Waals surface area contributed by atoms with Crippen molar-refractivity contribution in [2.45, 2.75) is 39.7 Å². The Bertz CT molecular complexity index is 165. The molecule has 0 aliphatic heterocycles. The fourth-order valence-corrected chi connectivity index (χ4v) is 1.96. The molecule has 0 heterocycles. The summed E-state index contributed by atoms with van der Waals surface area (Å²) in [6.07, 6.45) is 2.00. The molecule has 1 saturated carbocycles. The van der Waals surface area contributed by atoms with Gasteiger partial charge in [0.1, 0.15) is 0 Å². The molecule has 2 heteroatoms. The topological polar surface area (TPSA) is 29.5 Å². The first-order valence-electron chi connectivity index (χ1n) is 5.16. The number of methoxy groups -OCH3 is 1. The molecule has 78 valence electrons. The van der Waals surface area contributed by atoms with Crippen molar-refractivity contribution in [3.05, 3.63) is 0 Å². The summed E-state index contributed by atoms with van der Waals surface area (Å²) in [6.45, 7) is 7.32. The quantitative estimate of drug-likeness (QED) is 0.712. The first-order valence-corrected chi connectivity index (χ1v) is 5.16. The highest BCUT2D eigenvalue weighted by atomic mass is 16.5. The molecule has 0 aromatic rings. The van der Waals surface area contributed by atoms with Crippen molar-refractivity contribution in [1.82, 2.24) is 0 Å². The second-order valence-electron chi connectivity index (χ2n) is 5.05. The molecular formula is C11H22O2. The molecule has 1 rings (SSSR count). The van der Waals surface area contributed by atoms with Gasteiger partial charge in [-0.05, 0) is 30.1 Å². The molecule has 3 atom stereocenters. The summed E-state index contributed by atoms with van der Waals surface area (Å²) < 4.78 is 5.00. The van der Waals surface area contributed by atoms with Gasteiger partial charge in [-0.25, -0.2) is 0 Å². The minimum absolute atomic E-state index is 0.134. The monoisotopic (exact) mass is 186 g/mol. The van der Waals surface area contributed by atoms with Crippen molar-refractivity contribution in [3.63, 3.8) is 0 Å². The zero-order valence-electron chi connectivity index (χ0n) is 9.21. The third-order valence-corrected chi connectivity index (χ3v) is 3.36. The lowest BCUT2D eigenvalue weighted by Gasteiger charge is -2.19. The SMILES string of the molecule is COCCC(C)C(O)C1CC1(C)C. The highest BCUT2D eigenvalue weighted by Gasteiger charge is 2.50. The van der Waals surface area contributed by atoms with Crippen LogP contribution in [0, 0.1) is 17.3 Å². The molecule has 1 aliphatic rings. The summed E-state index contributed by atoms with van der Waals surface area (Å²) in [5.74, 6) is 0.881. The van der Waals surface area contributed by atoms with Gasteiger partial charge < -0.3 is 9.84 Å². The summed E-state index contributed by atoms with van der Waals surface area (Å²) in [5, 5.41) is 9.96. The van der Waals surface area contributed by atoms with Crippen LogP contribution < -0.4 is 0 Å². The second kappa shape index (κ2) is 3.97. The third-order valence-electron chi connectivity index (χ3n) is 3.36. The standard InChI is InChI=1S/C11H22O2/c1-8(5-6-13-4)10(12)9-7-11(9,2)3/h8-10,12H,5-7H2,1-4H3. The van der Waals surface area contributed by atoms with E-state index >= 15 is 0 Å². The summed E-state index contributed by atoms with van der Waals surface area (Å²) >= 11 is 0. The third kappa shape index (κ3) is 2.68. The number of ether oxygens (including phenoxy) is 1. The minimum Gasteiger partial charge on any atom is -0.393 e. The maximum atomic E-state index is 9.96. The highest BCUT2D eigenvalue weighted by molar-refractivity contribution is 5.00. The van der Waals surface area contributed by atoms with Crippen molar-refractivity contribution in [3.8, 4) is 0 Å². The van der Waals surface area contributed by atoms with Gasteiger partial charge in [-0.15, -0.1) is 0 Å². The van der Waals surface area contributed by atoms with Crippen LogP contribution in [0.3, 0.4) is 0 Å². The first kappa shape index (κ1) is 11.0. The van der Waals surface area contributed by atoms with Crippen LogP contribution >= 0.6 is 0 Å². The zero-order chi connectivity index (χ0) is 10.1. The maximum absolute atomic E-state index is 9.96. The number of aliphatic hydroxyl groups is 1. The van der Waals surface area contributed by atoms with Gasteiger partial charge in [0, 0.05) is 13.7 Å². The van der Waals surface area contributed by atoms with E-state index in [1.54, 1.807) is 7.11 Å². The molecular weight excluding hydrogens is 164 g/mol. The lowest BCUT2D eigenvalue weighted by Crippen LogP contribution is -2.23. The van der Waals surface area contributed by atoms with E-state index in [-0.39, 0.29) is 6.10 Å². The molecule has 1 fully saturated rings. The number of aliphatic hydroxyl groups excluding tert-OH is 1. The molecule has 0 aromatic heterocycles. The fraction of sp³-hybridized carbons (Fsp3) is 1.00. The van der Waals surface area contributed by atoms with E-state index in [0.29, 0.717) is 17.3 Å². The van der Waals surface area contributed by atoms with Gasteiger partial charge in [0.2, 0.25) is 0 Å². The highest BCUT2D eigenvalue weighted by Crippen LogP contribution is 2.54. The second-order valence-corrected chi connectivity index (χ2v) is 5.05. The van der Waals surface area contributed by atoms with Gasteiger partial charge in [-0.2, -0.15) is 0 Å². The van der Waals surface area contributed by atoms with Crippen LogP contribution in [-0.4, -0.2) is 24.9 Å². The Morgan fingerprint density at radius 2 is 2.08 bits per heavy atom. The molecule has 3 unspecified atom stereocenters. The van der Waals surface area contributed by atoms with Crippen LogP contribution in [0.25, 0.3) is 0 Å². The van der Waals surface area contributed by atoms with Gasteiger partial charge in [0.25, 0.3) is 0 Å². The van der Waals surface area contributed by atoms with E-state index in [0.717, 1.165) is 13.0 Å². The van der Waals surface area contributed by atoms with Gasteiger partial charge in [-0.1, -0.05) is 20.8 Å². The van der Waals surface area contributed by atoms with Gasteiger partial charge >= 0.3 is 0 Å². The van der Waals surface area contributed by atoms with E-state index in [2.05, 4.69) is 20.8 Å². The fourth-order valence-electron chi connectivity index (χ4n) is 1.96. The number of hydrogen-bond donors (Lipinski definition) is 1. The zero-order valence-corrected chi connectivity index (χ0v) is 9.21. The Morgan fingerprint density at radius 3 is 2.46 bits per heavy atom. The molecule has 0 bridgehead atoms. The number of hydrogen-bond acceptors (Lipinski definition) is 2. The minimum atomic E-state index is -0.134. The summed E-state index contributed by atoms with van der Waals surface area (Å²) in [5.41, 5.74) is 0.376. The summed E-state index contributed by atoms with van der Waals surface area (Å²) in [7, 11) is 1.71. The molecule has 2 nitrogen and oxygen atoms in total. The van der Waals surface area contributed by atoms with Gasteiger partial charge in [-0.3, -0.25) is 0 Å². The van der Waals surface area contributed by atoms with E-state index in [1.165, 1.54) is 6.42 Å². The normalized spacial score (nSPS) is 29.8. The Balaban J connectivity index is 2.27. The van der Waals surface area contributed by atoms with Crippen LogP contribution in [0.2, 0.25) is 0 Å². The van der Waals surface area contributed by atoms with E-state index in [9.17, 15) is 5.11 Å². The van der Waals surface area contributed by atoms with Crippen molar-refractivity contribution in [2.75, 3.05) is 13.7 Å². The van der Waals surface area contributed by atoms with Crippen molar-refractivity contribution >= 4 is 0 Å². The van der Waals surface area contributed by atoms with E-state index < -0.39 is 0 Å². The first-order chi connectivity index (χ1) is 5.99. The average Bonchev–Trinajstić information content (AvgIpc) is 2.69. The average molecular weight is 186 g/mol.